The minimum atomic E-state index is 0.746. The Bertz CT molecular complexity index is 861. The highest BCUT2D eigenvalue weighted by Crippen LogP contribution is 2.27. The van der Waals surface area contributed by atoms with E-state index in [1.807, 2.05) is 24.3 Å². The monoisotopic (exact) mass is 337 g/mol. The predicted molar refractivity (Wildman–Crippen MR) is 101 cm³/mol. The van der Waals surface area contributed by atoms with Crippen molar-refractivity contribution in [2.45, 2.75) is 13.1 Å². The average molecular weight is 337 g/mol. The van der Waals surface area contributed by atoms with Crippen LogP contribution in [0, 0.1) is 0 Å². The Balaban J connectivity index is 1.64. The van der Waals surface area contributed by atoms with E-state index in [9.17, 15) is 0 Å². The van der Waals surface area contributed by atoms with Crippen LogP contribution in [0.2, 0.25) is 0 Å². The van der Waals surface area contributed by atoms with Crippen molar-refractivity contribution in [2.75, 3.05) is 21.3 Å². The Kier molecular flexibility index (Phi) is 5.41. The predicted octanol–water partition coefficient (Wildman–Crippen LogP) is 4.16. The topological polar surface area (TPSA) is 39.7 Å². The molecular weight excluding hydrogens is 314 g/mol. The van der Waals surface area contributed by atoms with Gasteiger partial charge >= 0.3 is 0 Å². The van der Waals surface area contributed by atoms with Gasteiger partial charge in [-0.2, -0.15) is 0 Å². The molecule has 0 aliphatic carbocycles. The van der Waals surface area contributed by atoms with Crippen LogP contribution in [0.1, 0.15) is 11.1 Å². The van der Waals surface area contributed by atoms with Crippen molar-refractivity contribution in [3.8, 4) is 17.2 Å². The molecule has 0 fully saturated rings. The molecule has 0 saturated heterocycles. The van der Waals surface area contributed by atoms with Gasteiger partial charge in [0.25, 0.3) is 0 Å². The van der Waals surface area contributed by atoms with Crippen LogP contribution in [0.5, 0.6) is 17.2 Å². The maximum atomic E-state index is 5.35. The standard InChI is InChI=1S/C21H23NO3/c1-23-19-8-7-17-10-15(4-6-18(17)12-19)13-22-14-16-5-9-20(24-2)21(11-16)25-3/h4-12,22H,13-14H2,1-3H3. The largest absolute Gasteiger partial charge is 0.497 e. The van der Waals surface area contributed by atoms with Gasteiger partial charge in [0.05, 0.1) is 21.3 Å². The number of rotatable bonds is 7. The normalized spacial score (nSPS) is 10.7. The fraction of sp³-hybridized carbons (Fsp3) is 0.238. The first kappa shape index (κ1) is 17.1. The van der Waals surface area contributed by atoms with Gasteiger partial charge in [0, 0.05) is 13.1 Å². The van der Waals surface area contributed by atoms with E-state index < -0.39 is 0 Å². The third-order valence-corrected chi connectivity index (χ3v) is 4.22. The Morgan fingerprint density at radius 3 is 2.00 bits per heavy atom. The first-order chi connectivity index (χ1) is 12.2. The Morgan fingerprint density at radius 1 is 0.640 bits per heavy atom. The highest BCUT2D eigenvalue weighted by molar-refractivity contribution is 5.84. The van der Waals surface area contributed by atoms with Gasteiger partial charge in [0.1, 0.15) is 5.75 Å². The molecule has 0 spiro atoms. The summed E-state index contributed by atoms with van der Waals surface area (Å²) < 4.78 is 15.9. The van der Waals surface area contributed by atoms with Crippen LogP contribution in [0.4, 0.5) is 0 Å². The van der Waals surface area contributed by atoms with Crippen LogP contribution < -0.4 is 19.5 Å². The molecule has 0 aliphatic heterocycles. The third kappa shape index (κ3) is 4.03. The molecule has 1 N–H and O–H groups in total. The van der Waals surface area contributed by atoms with Crippen LogP contribution in [0.15, 0.2) is 54.6 Å². The smallest absolute Gasteiger partial charge is 0.161 e. The van der Waals surface area contributed by atoms with E-state index in [1.54, 1.807) is 21.3 Å². The van der Waals surface area contributed by atoms with Crippen molar-refractivity contribution in [3.05, 3.63) is 65.7 Å². The van der Waals surface area contributed by atoms with Gasteiger partial charge < -0.3 is 19.5 Å². The van der Waals surface area contributed by atoms with E-state index in [-0.39, 0.29) is 0 Å². The zero-order valence-corrected chi connectivity index (χ0v) is 14.8. The SMILES string of the molecule is COc1ccc2cc(CNCc3ccc(OC)c(OC)c3)ccc2c1. The summed E-state index contributed by atoms with van der Waals surface area (Å²) in [6.45, 7) is 1.57. The van der Waals surface area contributed by atoms with Gasteiger partial charge in [-0.1, -0.05) is 24.3 Å². The summed E-state index contributed by atoms with van der Waals surface area (Å²) in [6.07, 6.45) is 0. The van der Waals surface area contributed by atoms with Crippen molar-refractivity contribution in [3.63, 3.8) is 0 Å². The summed E-state index contributed by atoms with van der Waals surface area (Å²) in [6, 6.07) is 18.6. The van der Waals surface area contributed by atoms with Crippen molar-refractivity contribution < 1.29 is 14.2 Å². The lowest BCUT2D eigenvalue weighted by molar-refractivity contribution is 0.354. The Labute approximate surface area is 148 Å². The third-order valence-electron chi connectivity index (χ3n) is 4.22. The number of methoxy groups -OCH3 is 3. The molecule has 0 saturated carbocycles. The van der Waals surface area contributed by atoms with Crippen molar-refractivity contribution in [1.29, 1.82) is 0 Å². The van der Waals surface area contributed by atoms with E-state index in [1.165, 1.54) is 16.3 Å². The molecule has 4 nitrogen and oxygen atoms in total. The fourth-order valence-electron chi connectivity index (χ4n) is 2.85. The molecule has 25 heavy (non-hydrogen) atoms. The zero-order valence-electron chi connectivity index (χ0n) is 14.8. The van der Waals surface area contributed by atoms with Crippen LogP contribution >= 0.6 is 0 Å². The van der Waals surface area contributed by atoms with E-state index in [0.717, 1.165) is 35.9 Å². The fourth-order valence-corrected chi connectivity index (χ4v) is 2.85. The minimum absolute atomic E-state index is 0.746. The van der Waals surface area contributed by atoms with Crippen molar-refractivity contribution >= 4 is 10.8 Å². The molecule has 0 unspecified atom stereocenters. The van der Waals surface area contributed by atoms with E-state index >= 15 is 0 Å². The van der Waals surface area contributed by atoms with E-state index in [4.69, 9.17) is 14.2 Å². The quantitative estimate of drug-likeness (QED) is 0.703. The van der Waals surface area contributed by atoms with E-state index in [0.29, 0.717) is 0 Å². The first-order valence-electron chi connectivity index (χ1n) is 8.22. The van der Waals surface area contributed by atoms with Crippen LogP contribution in [-0.4, -0.2) is 21.3 Å². The number of nitrogens with one attached hydrogen (secondary N) is 1. The molecule has 0 amide bonds. The van der Waals surface area contributed by atoms with Crippen molar-refractivity contribution in [2.24, 2.45) is 0 Å². The van der Waals surface area contributed by atoms with Gasteiger partial charge in [-0.15, -0.1) is 0 Å². The number of ether oxygens (including phenoxy) is 3. The summed E-state index contributed by atoms with van der Waals surface area (Å²) in [5.74, 6) is 2.38. The Hall–Kier alpha value is -2.72. The highest BCUT2D eigenvalue weighted by Gasteiger charge is 2.04. The van der Waals surface area contributed by atoms with Crippen LogP contribution in [-0.2, 0) is 13.1 Å². The lowest BCUT2D eigenvalue weighted by Gasteiger charge is -2.11. The summed E-state index contributed by atoms with van der Waals surface area (Å²) in [7, 11) is 4.98. The summed E-state index contributed by atoms with van der Waals surface area (Å²) >= 11 is 0. The molecule has 0 aliphatic rings. The average Bonchev–Trinajstić information content (AvgIpc) is 2.67. The molecule has 3 rings (SSSR count). The molecule has 4 heteroatoms. The van der Waals surface area contributed by atoms with Gasteiger partial charge in [-0.25, -0.2) is 0 Å². The molecule has 0 bridgehead atoms. The second-order valence-electron chi connectivity index (χ2n) is 5.84. The molecule has 0 radical (unpaired) electrons. The molecule has 0 atom stereocenters. The minimum Gasteiger partial charge on any atom is -0.497 e. The summed E-state index contributed by atoms with van der Waals surface area (Å²) in [5.41, 5.74) is 2.40. The van der Waals surface area contributed by atoms with Crippen LogP contribution in [0.25, 0.3) is 10.8 Å². The summed E-state index contributed by atoms with van der Waals surface area (Å²) in [4.78, 5) is 0. The second kappa shape index (κ2) is 7.90. The molecule has 3 aromatic rings. The van der Waals surface area contributed by atoms with E-state index in [2.05, 4.69) is 35.6 Å². The molecule has 130 valence electrons. The van der Waals surface area contributed by atoms with Gasteiger partial charge in [-0.3, -0.25) is 0 Å². The number of benzene rings is 3. The second-order valence-corrected chi connectivity index (χ2v) is 5.84. The van der Waals surface area contributed by atoms with Crippen molar-refractivity contribution in [1.82, 2.24) is 5.32 Å². The lowest BCUT2D eigenvalue weighted by Crippen LogP contribution is -2.12. The highest BCUT2D eigenvalue weighted by atomic mass is 16.5. The molecule has 3 aromatic carbocycles. The summed E-state index contributed by atoms with van der Waals surface area (Å²) in [5, 5.41) is 5.87. The maximum Gasteiger partial charge on any atom is 0.161 e. The molecular formula is C21H23NO3. The number of hydrogen-bond acceptors (Lipinski definition) is 4. The maximum absolute atomic E-state index is 5.35. The molecule has 0 aromatic heterocycles. The van der Waals surface area contributed by atoms with Crippen LogP contribution in [0.3, 0.4) is 0 Å². The Morgan fingerprint density at radius 2 is 1.28 bits per heavy atom. The van der Waals surface area contributed by atoms with Gasteiger partial charge in [0.2, 0.25) is 0 Å². The lowest BCUT2D eigenvalue weighted by atomic mass is 10.1. The zero-order chi connectivity index (χ0) is 17.6. The number of hydrogen-bond donors (Lipinski definition) is 1. The first-order valence-corrected chi connectivity index (χ1v) is 8.22. The number of fused-ring (bicyclic) bond motifs is 1. The van der Waals surface area contributed by atoms with Gasteiger partial charge in [0.15, 0.2) is 11.5 Å². The molecule has 0 heterocycles. The van der Waals surface area contributed by atoms with Gasteiger partial charge in [-0.05, 0) is 52.2 Å².